The summed E-state index contributed by atoms with van der Waals surface area (Å²) in [6, 6.07) is 0. The van der Waals surface area contributed by atoms with E-state index in [1.165, 1.54) is 64.2 Å². The van der Waals surface area contributed by atoms with Gasteiger partial charge in [-0.25, -0.2) is 0 Å². The van der Waals surface area contributed by atoms with Crippen molar-refractivity contribution < 1.29 is 0 Å². The van der Waals surface area contributed by atoms with E-state index in [0.717, 1.165) is 24.7 Å². The van der Waals surface area contributed by atoms with E-state index in [1.807, 2.05) is 11.1 Å². The molecule has 0 spiro atoms. The number of hydrogen-bond acceptors (Lipinski definition) is 0. The first-order valence-electron chi connectivity index (χ1n) is 9.88. The monoisotopic (exact) mass is 302 g/mol. The summed E-state index contributed by atoms with van der Waals surface area (Å²) in [5.41, 5.74) is 3.63. The van der Waals surface area contributed by atoms with Gasteiger partial charge in [-0.2, -0.15) is 0 Å². The van der Waals surface area contributed by atoms with Crippen molar-refractivity contribution in [1.29, 1.82) is 0 Å². The lowest BCUT2D eigenvalue weighted by molar-refractivity contribution is 0.327. The molecule has 1 rings (SSSR count). The fraction of sp³-hybridized carbons (Fsp3) is 0.818. The highest BCUT2D eigenvalue weighted by molar-refractivity contribution is 5.20. The second kappa shape index (κ2) is 11.8. The minimum atomic E-state index is 0.811. The molecule has 0 amide bonds. The summed E-state index contributed by atoms with van der Waals surface area (Å²) >= 11 is 0. The molecule has 0 aromatic carbocycles. The molecular formula is C22H38. The standard InChI is InChI=1S/C22H38/c1-5-8-11-12-13-16-20-18-22(15-10-7-3)21(14-9-6-2)17-19(20)4/h19-20H,5-11,14-18H2,1-4H3/t19-,20+/m1/s1. The molecule has 0 aromatic rings. The van der Waals surface area contributed by atoms with Gasteiger partial charge in [0.15, 0.2) is 0 Å². The molecule has 0 heteroatoms. The van der Waals surface area contributed by atoms with Crippen LogP contribution in [-0.2, 0) is 0 Å². The zero-order chi connectivity index (χ0) is 16.2. The zero-order valence-electron chi connectivity index (χ0n) is 15.6. The maximum absolute atomic E-state index is 3.48. The summed E-state index contributed by atoms with van der Waals surface area (Å²) in [5, 5.41) is 0. The summed E-state index contributed by atoms with van der Waals surface area (Å²) in [7, 11) is 0. The summed E-state index contributed by atoms with van der Waals surface area (Å²) in [5.74, 6) is 8.52. The largest absolute Gasteiger partial charge is 0.103 e. The van der Waals surface area contributed by atoms with Crippen molar-refractivity contribution in [2.45, 2.75) is 105 Å². The van der Waals surface area contributed by atoms with Crippen LogP contribution in [0.25, 0.3) is 0 Å². The molecule has 0 radical (unpaired) electrons. The lowest BCUT2D eigenvalue weighted by atomic mass is 9.73. The van der Waals surface area contributed by atoms with Crippen molar-refractivity contribution in [3.8, 4) is 11.8 Å². The molecular weight excluding hydrogens is 264 g/mol. The van der Waals surface area contributed by atoms with E-state index in [0.29, 0.717) is 0 Å². The molecule has 0 saturated carbocycles. The van der Waals surface area contributed by atoms with Crippen LogP contribution in [0.3, 0.4) is 0 Å². The fourth-order valence-corrected chi connectivity index (χ4v) is 3.53. The molecule has 0 bridgehead atoms. The Kier molecular flexibility index (Phi) is 10.4. The minimum Gasteiger partial charge on any atom is -0.103 e. The number of allylic oxidation sites excluding steroid dienone is 2. The topological polar surface area (TPSA) is 0 Å². The van der Waals surface area contributed by atoms with Gasteiger partial charge in [-0.15, -0.1) is 11.8 Å². The normalized spacial score (nSPS) is 21.6. The molecule has 0 fully saturated rings. The molecule has 0 aromatic heterocycles. The van der Waals surface area contributed by atoms with Gasteiger partial charge in [-0.1, -0.05) is 58.1 Å². The predicted molar refractivity (Wildman–Crippen MR) is 99.9 cm³/mol. The van der Waals surface area contributed by atoms with Crippen LogP contribution in [0.1, 0.15) is 105 Å². The Morgan fingerprint density at radius 2 is 1.41 bits per heavy atom. The molecule has 0 N–H and O–H groups in total. The van der Waals surface area contributed by atoms with E-state index >= 15 is 0 Å². The third-order valence-corrected chi connectivity index (χ3v) is 5.19. The summed E-state index contributed by atoms with van der Waals surface area (Å²) in [6.07, 6.45) is 15.5. The van der Waals surface area contributed by atoms with Crippen molar-refractivity contribution in [2.75, 3.05) is 0 Å². The summed E-state index contributed by atoms with van der Waals surface area (Å²) < 4.78 is 0. The number of rotatable bonds is 9. The summed E-state index contributed by atoms with van der Waals surface area (Å²) in [6.45, 7) is 9.33. The Hall–Kier alpha value is -0.700. The quantitative estimate of drug-likeness (QED) is 0.238. The molecule has 1 aliphatic rings. The smallest absolute Gasteiger partial charge is 0.0123 e. The van der Waals surface area contributed by atoms with Crippen LogP contribution in [0.15, 0.2) is 11.1 Å². The van der Waals surface area contributed by atoms with Gasteiger partial charge in [0.2, 0.25) is 0 Å². The van der Waals surface area contributed by atoms with E-state index in [4.69, 9.17) is 0 Å². The number of unbranched alkanes of at least 4 members (excludes halogenated alkanes) is 4. The highest BCUT2D eigenvalue weighted by Gasteiger charge is 2.25. The van der Waals surface area contributed by atoms with Crippen LogP contribution in [-0.4, -0.2) is 0 Å². The highest BCUT2D eigenvalue weighted by atomic mass is 14.3. The van der Waals surface area contributed by atoms with Gasteiger partial charge in [0.05, 0.1) is 0 Å². The fourth-order valence-electron chi connectivity index (χ4n) is 3.53. The van der Waals surface area contributed by atoms with E-state index in [-0.39, 0.29) is 0 Å². The van der Waals surface area contributed by atoms with E-state index < -0.39 is 0 Å². The first kappa shape index (κ1) is 19.3. The first-order valence-corrected chi connectivity index (χ1v) is 9.88. The summed E-state index contributed by atoms with van der Waals surface area (Å²) in [4.78, 5) is 0. The van der Waals surface area contributed by atoms with Crippen molar-refractivity contribution in [3.63, 3.8) is 0 Å². The Bertz CT molecular complexity index is 377. The second-order valence-corrected chi connectivity index (χ2v) is 7.22. The Labute approximate surface area is 140 Å². The molecule has 0 unspecified atom stereocenters. The second-order valence-electron chi connectivity index (χ2n) is 7.22. The van der Waals surface area contributed by atoms with Crippen molar-refractivity contribution >= 4 is 0 Å². The maximum atomic E-state index is 3.48. The average molecular weight is 303 g/mol. The number of hydrogen-bond donors (Lipinski definition) is 0. The molecule has 1 aliphatic carbocycles. The Morgan fingerprint density at radius 3 is 2.00 bits per heavy atom. The van der Waals surface area contributed by atoms with Crippen LogP contribution < -0.4 is 0 Å². The molecule has 0 aliphatic heterocycles. The third kappa shape index (κ3) is 7.04. The van der Waals surface area contributed by atoms with Crippen LogP contribution in [0.2, 0.25) is 0 Å². The zero-order valence-corrected chi connectivity index (χ0v) is 15.6. The minimum absolute atomic E-state index is 0.811. The lowest BCUT2D eigenvalue weighted by Crippen LogP contribution is -2.19. The SMILES string of the molecule is CCCCC#CC[C@H]1CC(CCCC)=C(CCCC)C[C@H]1C. The van der Waals surface area contributed by atoms with Gasteiger partial charge in [0.1, 0.15) is 0 Å². The van der Waals surface area contributed by atoms with Crippen molar-refractivity contribution in [2.24, 2.45) is 11.8 Å². The van der Waals surface area contributed by atoms with Crippen molar-refractivity contribution in [1.82, 2.24) is 0 Å². The van der Waals surface area contributed by atoms with E-state index in [1.54, 1.807) is 0 Å². The van der Waals surface area contributed by atoms with Crippen LogP contribution >= 0.6 is 0 Å². The van der Waals surface area contributed by atoms with Gasteiger partial charge in [-0.05, 0) is 56.8 Å². The Balaban J connectivity index is 2.62. The highest BCUT2D eigenvalue weighted by Crippen LogP contribution is 2.39. The van der Waals surface area contributed by atoms with Gasteiger partial charge in [0, 0.05) is 12.8 Å². The van der Waals surface area contributed by atoms with E-state index in [2.05, 4.69) is 39.5 Å². The van der Waals surface area contributed by atoms with Crippen LogP contribution in [0.5, 0.6) is 0 Å². The van der Waals surface area contributed by atoms with Gasteiger partial charge in [0.25, 0.3) is 0 Å². The van der Waals surface area contributed by atoms with Crippen LogP contribution in [0, 0.1) is 23.7 Å². The van der Waals surface area contributed by atoms with Gasteiger partial charge in [-0.3, -0.25) is 0 Å². The van der Waals surface area contributed by atoms with E-state index in [9.17, 15) is 0 Å². The molecule has 0 saturated heterocycles. The molecule has 0 heterocycles. The first-order chi connectivity index (χ1) is 10.7. The maximum Gasteiger partial charge on any atom is 0.0123 e. The molecule has 126 valence electrons. The predicted octanol–water partition coefficient (Wildman–Crippen LogP) is 7.29. The van der Waals surface area contributed by atoms with Crippen molar-refractivity contribution in [3.05, 3.63) is 11.1 Å². The van der Waals surface area contributed by atoms with Gasteiger partial charge < -0.3 is 0 Å². The molecule has 0 nitrogen and oxygen atoms in total. The van der Waals surface area contributed by atoms with Crippen LogP contribution in [0.4, 0.5) is 0 Å². The molecule has 2 atom stereocenters. The third-order valence-electron chi connectivity index (χ3n) is 5.19. The molecule has 22 heavy (non-hydrogen) atoms. The Morgan fingerprint density at radius 1 is 0.818 bits per heavy atom. The lowest BCUT2D eigenvalue weighted by Gasteiger charge is -2.32. The van der Waals surface area contributed by atoms with Gasteiger partial charge >= 0.3 is 0 Å². The average Bonchev–Trinajstić information content (AvgIpc) is 2.52.